The van der Waals surface area contributed by atoms with Crippen molar-refractivity contribution >= 4 is 0 Å². The van der Waals surface area contributed by atoms with Gasteiger partial charge in [0, 0.05) is 4.97 Å². The molecule has 70 valence electrons. The maximum atomic E-state index is 10.7. The van der Waals surface area contributed by atoms with Gasteiger partial charge >= 0.3 is 29.6 Å². The molecule has 0 saturated heterocycles. The Hall–Kier alpha value is -0.780. The van der Waals surface area contributed by atoms with Crippen LogP contribution in [0.5, 0.6) is 0 Å². The Morgan fingerprint density at radius 2 is 1.93 bits per heavy atom. The SMILES string of the molecule is CN(Cc1ccccc1)/[N+]([O-])=N\[O-].[Na+]. The fourth-order valence-electron chi connectivity index (χ4n) is 0.970. The van der Waals surface area contributed by atoms with E-state index in [-0.39, 0.29) is 34.5 Å². The van der Waals surface area contributed by atoms with Crippen molar-refractivity contribution in [2.75, 3.05) is 7.05 Å². The molecular formula is C8H10N3NaO2. The summed E-state index contributed by atoms with van der Waals surface area (Å²) in [5.74, 6) is 0. The summed E-state index contributed by atoms with van der Waals surface area (Å²) >= 11 is 0. The topological polar surface area (TPSA) is 64.7 Å². The second-order valence-corrected chi connectivity index (χ2v) is 2.64. The third kappa shape index (κ3) is 3.95. The van der Waals surface area contributed by atoms with Crippen molar-refractivity contribution < 1.29 is 34.5 Å². The number of hydrazine groups is 1. The zero-order chi connectivity index (χ0) is 9.68. The zero-order valence-electron chi connectivity index (χ0n) is 8.25. The molecule has 6 heteroatoms. The molecule has 0 unspecified atom stereocenters. The maximum Gasteiger partial charge on any atom is 1.00 e. The first-order valence-corrected chi connectivity index (χ1v) is 3.79. The van der Waals surface area contributed by atoms with E-state index in [0.717, 1.165) is 5.56 Å². The van der Waals surface area contributed by atoms with E-state index in [2.05, 4.69) is 5.28 Å². The number of hydrogen-bond acceptors (Lipinski definition) is 3. The molecule has 1 rings (SSSR count). The quantitative estimate of drug-likeness (QED) is 0.260. The normalized spacial score (nSPS) is 10.5. The molecular weight excluding hydrogens is 193 g/mol. The summed E-state index contributed by atoms with van der Waals surface area (Å²) in [5, 5.41) is 24.0. The molecule has 1 aromatic carbocycles. The minimum atomic E-state index is 0. The van der Waals surface area contributed by atoms with Gasteiger partial charge in [-0.05, 0) is 10.8 Å². The average molecular weight is 203 g/mol. The Morgan fingerprint density at radius 3 is 2.43 bits per heavy atom. The van der Waals surface area contributed by atoms with Crippen molar-refractivity contribution in [2.24, 2.45) is 5.28 Å². The van der Waals surface area contributed by atoms with Crippen LogP contribution < -0.4 is 29.6 Å². The smallest absolute Gasteiger partial charge is 0.737 e. The number of benzene rings is 1. The molecule has 0 aliphatic carbocycles. The van der Waals surface area contributed by atoms with E-state index < -0.39 is 0 Å². The van der Waals surface area contributed by atoms with Crippen molar-refractivity contribution in [3.63, 3.8) is 0 Å². The summed E-state index contributed by atoms with van der Waals surface area (Å²) in [4.78, 5) is 0.0208. The molecule has 0 fully saturated rings. The standard InChI is InChI=1S/C8H11N3O2.Na/c1-10(11(13)9-12)7-8-5-3-2-4-6-8;/h2-6,12H,7H2,1H3;/q;+1/p-1/b11-9+;. The maximum absolute atomic E-state index is 10.7. The minimum Gasteiger partial charge on any atom is -0.737 e. The third-order valence-corrected chi connectivity index (χ3v) is 1.62. The van der Waals surface area contributed by atoms with E-state index in [1.54, 1.807) is 0 Å². The van der Waals surface area contributed by atoms with Gasteiger partial charge in [-0.25, -0.2) is 0 Å². The Labute approximate surface area is 104 Å². The first kappa shape index (κ1) is 13.2. The van der Waals surface area contributed by atoms with Gasteiger partial charge in [-0.2, -0.15) is 0 Å². The van der Waals surface area contributed by atoms with Crippen LogP contribution in [0.3, 0.4) is 0 Å². The molecule has 0 radical (unpaired) electrons. The van der Waals surface area contributed by atoms with Crippen molar-refractivity contribution in [1.29, 1.82) is 0 Å². The van der Waals surface area contributed by atoms with Gasteiger partial charge in [-0.3, -0.25) is 0 Å². The predicted octanol–water partition coefficient (Wildman–Crippen LogP) is -1.50. The van der Waals surface area contributed by atoms with E-state index in [9.17, 15) is 10.4 Å². The van der Waals surface area contributed by atoms with Crippen LogP contribution in [0.25, 0.3) is 0 Å². The van der Waals surface area contributed by atoms with E-state index in [1.165, 1.54) is 12.1 Å². The molecule has 0 atom stereocenters. The van der Waals surface area contributed by atoms with E-state index in [4.69, 9.17) is 0 Å². The van der Waals surface area contributed by atoms with Gasteiger partial charge in [0.2, 0.25) is 0 Å². The molecule has 0 bridgehead atoms. The van der Waals surface area contributed by atoms with Crippen molar-refractivity contribution in [3.8, 4) is 0 Å². The Morgan fingerprint density at radius 1 is 1.36 bits per heavy atom. The summed E-state index contributed by atoms with van der Waals surface area (Å²) in [6.45, 7) is 0.371. The summed E-state index contributed by atoms with van der Waals surface area (Å²) < 4.78 is 0. The van der Waals surface area contributed by atoms with E-state index in [0.29, 0.717) is 6.54 Å². The summed E-state index contributed by atoms with van der Waals surface area (Å²) in [6, 6.07) is 9.36. The first-order valence-electron chi connectivity index (χ1n) is 3.79. The number of nitrogens with zero attached hydrogens (tertiary/aromatic N) is 3. The van der Waals surface area contributed by atoms with Gasteiger partial charge in [-0.15, -0.1) is 5.01 Å². The molecule has 0 aliphatic rings. The van der Waals surface area contributed by atoms with Crippen LogP contribution in [0.2, 0.25) is 0 Å². The van der Waals surface area contributed by atoms with Gasteiger partial charge in [0.25, 0.3) is 0 Å². The van der Waals surface area contributed by atoms with Gasteiger partial charge in [0.15, 0.2) is 0 Å². The van der Waals surface area contributed by atoms with Crippen LogP contribution in [-0.4, -0.2) is 17.0 Å². The van der Waals surface area contributed by atoms with Gasteiger partial charge in [0.05, 0.1) is 7.05 Å². The van der Waals surface area contributed by atoms with Crippen molar-refractivity contribution in [1.82, 2.24) is 5.01 Å². The van der Waals surface area contributed by atoms with Crippen molar-refractivity contribution in [3.05, 3.63) is 46.3 Å². The summed E-state index contributed by atoms with van der Waals surface area (Å²) in [7, 11) is 1.50. The second-order valence-electron chi connectivity index (χ2n) is 2.64. The van der Waals surface area contributed by atoms with Crippen molar-refractivity contribution in [2.45, 2.75) is 6.54 Å². The first-order chi connectivity index (χ1) is 6.24. The predicted molar refractivity (Wildman–Crippen MR) is 47.3 cm³/mol. The molecule has 0 aliphatic heterocycles. The largest absolute Gasteiger partial charge is 1.00 e. The van der Waals surface area contributed by atoms with E-state index in [1.807, 2.05) is 30.3 Å². The second kappa shape index (κ2) is 6.64. The fourth-order valence-corrected chi connectivity index (χ4v) is 0.970. The van der Waals surface area contributed by atoms with E-state index >= 15 is 0 Å². The van der Waals surface area contributed by atoms with Gasteiger partial charge in [-0.1, -0.05) is 30.3 Å². The van der Waals surface area contributed by atoms with Crippen LogP contribution >= 0.6 is 0 Å². The molecule has 1 aromatic rings. The Kier molecular flexibility index (Phi) is 6.27. The monoisotopic (exact) mass is 203 g/mol. The Bertz CT molecular complexity index is 292. The molecule has 0 amide bonds. The Balaban J connectivity index is 0.00000169. The van der Waals surface area contributed by atoms with Crippen LogP contribution in [0.4, 0.5) is 0 Å². The molecule has 14 heavy (non-hydrogen) atoms. The van der Waals surface area contributed by atoms with Crippen LogP contribution in [0.15, 0.2) is 35.6 Å². The van der Waals surface area contributed by atoms with Crippen LogP contribution in [0, 0.1) is 10.4 Å². The van der Waals surface area contributed by atoms with Gasteiger partial charge < -0.3 is 10.4 Å². The van der Waals surface area contributed by atoms with Gasteiger partial charge in [0.1, 0.15) is 6.54 Å². The molecule has 5 nitrogen and oxygen atoms in total. The molecule has 0 N–H and O–H groups in total. The number of hydrogen-bond donors (Lipinski definition) is 0. The molecule has 0 spiro atoms. The third-order valence-electron chi connectivity index (χ3n) is 1.62. The fraction of sp³-hybridized carbons (Fsp3) is 0.250. The zero-order valence-corrected chi connectivity index (χ0v) is 10.3. The van der Waals surface area contributed by atoms with Crippen LogP contribution in [-0.2, 0) is 6.54 Å². The number of rotatable bonds is 3. The average Bonchev–Trinajstić information content (AvgIpc) is 2.18. The minimum absolute atomic E-state index is 0. The molecule has 0 aromatic heterocycles. The summed E-state index contributed by atoms with van der Waals surface area (Å²) in [5.41, 5.74) is 0.953. The molecule has 0 heterocycles. The molecule has 0 saturated carbocycles. The van der Waals surface area contributed by atoms with Crippen LogP contribution in [0.1, 0.15) is 5.56 Å². The summed E-state index contributed by atoms with van der Waals surface area (Å²) in [6.07, 6.45) is 0.